The van der Waals surface area contributed by atoms with E-state index in [0.29, 0.717) is 42.5 Å². The molecule has 1 heterocycles. The lowest BCUT2D eigenvalue weighted by Crippen LogP contribution is -2.45. The van der Waals surface area contributed by atoms with Crippen molar-refractivity contribution in [3.8, 4) is 11.5 Å². The minimum Gasteiger partial charge on any atom is -0.493 e. The molecule has 0 radical (unpaired) electrons. The molecule has 3 aromatic rings. The molecule has 8 heteroatoms. The van der Waals surface area contributed by atoms with Gasteiger partial charge in [-0.05, 0) is 42.7 Å². The fourth-order valence-corrected chi connectivity index (χ4v) is 5.14. The maximum absolute atomic E-state index is 13.9. The quantitative estimate of drug-likeness (QED) is 0.304. The highest BCUT2D eigenvalue weighted by molar-refractivity contribution is 6.30. The molecule has 1 aliphatic heterocycles. The second-order valence-corrected chi connectivity index (χ2v) is 9.79. The van der Waals surface area contributed by atoms with Crippen LogP contribution in [0.25, 0.3) is 0 Å². The number of rotatable bonds is 11. The predicted octanol–water partition coefficient (Wildman–Crippen LogP) is 5.44. The van der Waals surface area contributed by atoms with Gasteiger partial charge >= 0.3 is 0 Å². The number of benzene rings is 3. The molecule has 1 amide bonds. The number of methoxy groups -OCH3 is 2. The van der Waals surface area contributed by atoms with E-state index in [1.54, 1.807) is 26.4 Å². The summed E-state index contributed by atoms with van der Waals surface area (Å²) >= 11 is 6.07. The molecule has 0 aromatic heterocycles. The fourth-order valence-electron chi connectivity index (χ4n) is 5.02. The van der Waals surface area contributed by atoms with Crippen LogP contribution in [0.15, 0.2) is 66.7 Å². The van der Waals surface area contributed by atoms with E-state index in [1.807, 2.05) is 66.4 Å². The van der Waals surface area contributed by atoms with Gasteiger partial charge in [0.05, 0.1) is 32.7 Å². The van der Waals surface area contributed by atoms with Crippen LogP contribution in [-0.2, 0) is 27.3 Å². The minimum absolute atomic E-state index is 0.0210. The van der Waals surface area contributed by atoms with Gasteiger partial charge in [0.1, 0.15) is 6.61 Å². The average Bonchev–Trinajstić information content (AvgIpc) is 2.95. The molecule has 7 nitrogen and oxygen atoms in total. The van der Waals surface area contributed by atoms with Crippen molar-refractivity contribution in [3.63, 3.8) is 0 Å². The summed E-state index contributed by atoms with van der Waals surface area (Å²) in [7, 11) is 3.21. The Kier molecular flexibility index (Phi) is 9.13. The molecule has 0 saturated heterocycles. The van der Waals surface area contributed by atoms with Crippen molar-refractivity contribution in [2.24, 2.45) is 0 Å². The summed E-state index contributed by atoms with van der Waals surface area (Å²) in [5, 5.41) is 0.636. The van der Waals surface area contributed by atoms with Gasteiger partial charge in [0, 0.05) is 35.4 Å². The van der Waals surface area contributed by atoms with Gasteiger partial charge in [0.15, 0.2) is 11.5 Å². The Bertz CT molecular complexity index is 1240. The molecule has 0 saturated carbocycles. The Morgan fingerprint density at radius 3 is 2.39 bits per heavy atom. The van der Waals surface area contributed by atoms with Crippen LogP contribution in [0.3, 0.4) is 0 Å². The molecule has 4 rings (SSSR count). The Hall–Kier alpha value is -3.71. The lowest BCUT2D eigenvalue weighted by Gasteiger charge is -2.43. The molecule has 0 bridgehead atoms. The molecule has 1 aliphatic rings. The number of hydrogen-bond donors (Lipinski definition) is 0. The van der Waals surface area contributed by atoms with Crippen LogP contribution >= 0.6 is 11.6 Å². The number of ether oxygens (including phenoxy) is 3. The zero-order valence-electron chi connectivity index (χ0n) is 21.9. The SMILES string of the molecule is COc1cc2c(cc1OC)N(C(C)COC=O)CCC2N(Cc1ccccc1)C(=O)Cc1ccc(Cl)cc1. The van der Waals surface area contributed by atoms with E-state index in [-0.39, 0.29) is 31.0 Å². The van der Waals surface area contributed by atoms with E-state index in [4.69, 9.17) is 25.8 Å². The Labute approximate surface area is 228 Å². The van der Waals surface area contributed by atoms with Gasteiger partial charge < -0.3 is 24.0 Å². The van der Waals surface area contributed by atoms with Gasteiger partial charge in [0.25, 0.3) is 6.47 Å². The maximum Gasteiger partial charge on any atom is 0.293 e. The van der Waals surface area contributed by atoms with E-state index in [9.17, 15) is 9.59 Å². The van der Waals surface area contributed by atoms with Crippen LogP contribution in [0.4, 0.5) is 5.69 Å². The summed E-state index contributed by atoms with van der Waals surface area (Å²) in [5.74, 6) is 1.22. The number of amides is 1. The zero-order chi connectivity index (χ0) is 27.1. The van der Waals surface area contributed by atoms with Gasteiger partial charge in [-0.15, -0.1) is 0 Å². The van der Waals surface area contributed by atoms with E-state index in [2.05, 4.69) is 4.90 Å². The van der Waals surface area contributed by atoms with Crippen molar-refractivity contribution in [3.05, 3.63) is 88.4 Å². The molecule has 3 aromatic carbocycles. The largest absolute Gasteiger partial charge is 0.493 e. The first-order chi connectivity index (χ1) is 18.4. The number of carbonyl (C=O) groups excluding carboxylic acids is 2. The molecule has 0 N–H and O–H groups in total. The van der Waals surface area contributed by atoms with Crippen LogP contribution in [0, 0.1) is 0 Å². The zero-order valence-corrected chi connectivity index (χ0v) is 22.7. The van der Waals surface area contributed by atoms with Crippen LogP contribution in [0.2, 0.25) is 5.02 Å². The molecular formula is C30H33ClN2O5. The maximum atomic E-state index is 13.9. The fraction of sp³-hybridized carbons (Fsp3) is 0.333. The van der Waals surface area contributed by atoms with Crippen molar-refractivity contribution >= 4 is 29.7 Å². The van der Waals surface area contributed by atoms with Crippen LogP contribution in [-0.4, -0.2) is 50.7 Å². The van der Waals surface area contributed by atoms with Gasteiger partial charge in [-0.25, -0.2) is 0 Å². The van der Waals surface area contributed by atoms with Crippen molar-refractivity contribution in [2.75, 3.05) is 32.3 Å². The smallest absolute Gasteiger partial charge is 0.293 e. The Morgan fingerprint density at radius 2 is 1.74 bits per heavy atom. The van der Waals surface area contributed by atoms with E-state index < -0.39 is 0 Å². The summed E-state index contributed by atoms with van der Waals surface area (Å²) in [5.41, 5.74) is 3.85. The summed E-state index contributed by atoms with van der Waals surface area (Å²) in [6.45, 7) is 3.88. The molecule has 0 aliphatic carbocycles. The third kappa shape index (κ3) is 6.22. The van der Waals surface area contributed by atoms with Gasteiger partial charge in [0.2, 0.25) is 5.91 Å². The second-order valence-electron chi connectivity index (χ2n) is 9.35. The lowest BCUT2D eigenvalue weighted by atomic mass is 9.92. The van der Waals surface area contributed by atoms with Crippen molar-refractivity contribution < 1.29 is 23.8 Å². The topological polar surface area (TPSA) is 68.3 Å². The highest BCUT2D eigenvalue weighted by atomic mass is 35.5. The van der Waals surface area contributed by atoms with Crippen LogP contribution in [0.1, 0.15) is 36.1 Å². The van der Waals surface area contributed by atoms with Gasteiger partial charge in [-0.2, -0.15) is 0 Å². The summed E-state index contributed by atoms with van der Waals surface area (Å²) in [4.78, 5) is 28.9. The van der Waals surface area contributed by atoms with Crippen LogP contribution < -0.4 is 14.4 Å². The molecule has 200 valence electrons. The molecule has 2 unspecified atom stereocenters. The monoisotopic (exact) mass is 536 g/mol. The van der Waals surface area contributed by atoms with E-state index in [1.165, 1.54) is 0 Å². The molecule has 2 atom stereocenters. The second kappa shape index (κ2) is 12.7. The lowest BCUT2D eigenvalue weighted by molar-refractivity contribution is -0.134. The van der Waals surface area contributed by atoms with Crippen molar-refractivity contribution in [2.45, 2.75) is 38.4 Å². The van der Waals surface area contributed by atoms with Gasteiger partial charge in [-0.3, -0.25) is 9.59 Å². The number of fused-ring (bicyclic) bond motifs is 1. The first kappa shape index (κ1) is 27.3. The standard InChI is InChI=1S/C30H33ClN2O5/c1-21(19-38-20-34)32-14-13-26(25-16-28(36-2)29(37-3)17-27(25)32)33(18-23-7-5-4-6-8-23)30(35)15-22-9-11-24(31)12-10-22/h4-12,16-17,20-21,26H,13-15,18-19H2,1-3H3. The summed E-state index contributed by atoms with van der Waals surface area (Å²) < 4.78 is 16.3. The van der Waals surface area contributed by atoms with Crippen molar-refractivity contribution in [1.82, 2.24) is 4.90 Å². The predicted molar refractivity (Wildman–Crippen MR) is 148 cm³/mol. The number of carbonyl (C=O) groups is 2. The first-order valence-corrected chi connectivity index (χ1v) is 13.0. The first-order valence-electron chi connectivity index (χ1n) is 12.6. The normalized spacial score (nSPS) is 15.3. The van der Waals surface area contributed by atoms with Crippen LogP contribution in [0.5, 0.6) is 11.5 Å². The number of nitrogens with zero attached hydrogens (tertiary/aromatic N) is 2. The third-order valence-corrected chi connectivity index (χ3v) is 7.20. The van der Waals surface area contributed by atoms with Crippen molar-refractivity contribution in [1.29, 1.82) is 0 Å². The highest BCUT2D eigenvalue weighted by Crippen LogP contribution is 2.45. The molecule has 38 heavy (non-hydrogen) atoms. The Morgan fingerprint density at radius 1 is 1.05 bits per heavy atom. The minimum atomic E-state index is -0.194. The highest BCUT2D eigenvalue weighted by Gasteiger charge is 2.35. The Balaban J connectivity index is 1.75. The molecular weight excluding hydrogens is 504 g/mol. The summed E-state index contributed by atoms with van der Waals surface area (Å²) in [6.07, 6.45) is 0.962. The van der Waals surface area contributed by atoms with E-state index >= 15 is 0 Å². The molecule has 0 fully saturated rings. The van der Waals surface area contributed by atoms with E-state index in [0.717, 1.165) is 22.4 Å². The number of anilines is 1. The third-order valence-electron chi connectivity index (χ3n) is 6.94. The summed E-state index contributed by atoms with van der Waals surface area (Å²) in [6, 6.07) is 21.0. The number of hydrogen-bond acceptors (Lipinski definition) is 6. The number of halogens is 1. The average molecular weight is 537 g/mol. The molecule has 0 spiro atoms. The van der Waals surface area contributed by atoms with Gasteiger partial charge in [-0.1, -0.05) is 54.1 Å².